The molecule has 0 bridgehead atoms. The van der Waals surface area contributed by atoms with Crippen LogP contribution in [0.2, 0.25) is 0 Å². The van der Waals surface area contributed by atoms with Crippen LogP contribution in [-0.2, 0) is 0 Å². The van der Waals surface area contributed by atoms with Crippen LogP contribution in [0.1, 0.15) is 51.4 Å². The van der Waals surface area contributed by atoms with Crippen molar-refractivity contribution in [3.05, 3.63) is 0 Å². The van der Waals surface area contributed by atoms with Gasteiger partial charge in [-0.25, -0.2) is 0 Å². The highest BCUT2D eigenvalue weighted by atomic mass is 15.2. The third-order valence-electron chi connectivity index (χ3n) is 5.34. The first-order valence-electron chi connectivity index (χ1n) is 7.79. The molecule has 3 rings (SSSR count). The Kier molecular flexibility index (Phi) is 3.72. The van der Waals surface area contributed by atoms with Gasteiger partial charge in [0.15, 0.2) is 0 Å². The highest BCUT2D eigenvalue weighted by Crippen LogP contribution is 2.37. The number of hydrogen-bond acceptors (Lipinski definition) is 2. The number of likely N-dealkylation sites (tertiary alicyclic amines) is 1. The molecule has 2 saturated heterocycles. The largest absolute Gasteiger partial charge is 0.316 e. The Bertz CT molecular complexity index is 237. The molecular weight excluding hydrogens is 208 g/mol. The molecule has 0 amide bonds. The lowest BCUT2D eigenvalue weighted by atomic mass is 9.86. The maximum absolute atomic E-state index is 3.56. The van der Waals surface area contributed by atoms with Crippen molar-refractivity contribution < 1.29 is 0 Å². The maximum atomic E-state index is 3.56. The quantitative estimate of drug-likeness (QED) is 0.742. The molecule has 2 aliphatic heterocycles. The molecule has 2 heteroatoms. The first kappa shape index (κ1) is 12.0. The summed E-state index contributed by atoms with van der Waals surface area (Å²) in [6, 6.07) is 0. The average molecular weight is 236 g/mol. The summed E-state index contributed by atoms with van der Waals surface area (Å²) in [6.07, 6.45) is 11.8. The molecule has 98 valence electrons. The van der Waals surface area contributed by atoms with E-state index in [1.54, 1.807) is 0 Å². The molecular formula is C15H28N2. The lowest BCUT2D eigenvalue weighted by molar-refractivity contribution is 0.229. The van der Waals surface area contributed by atoms with Crippen LogP contribution in [-0.4, -0.2) is 37.6 Å². The van der Waals surface area contributed by atoms with E-state index in [0.29, 0.717) is 5.41 Å². The molecule has 1 N–H and O–H groups in total. The molecule has 2 heterocycles. The molecule has 0 aromatic rings. The van der Waals surface area contributed by atoms with Gasteiger partial charge in [0, 0.05) is 19.6 Å². The van der Waals surface area contributed by atoms with E-state index in [-0.39, 0.29) is 0 Å². The summed E-state index contributed by atoms with van der Waals surface area (Å²) >= 11 is 0. The van der Waals surface area contributed by atoms with Gasteiger partial charge < -0.3 is 10.2 Å². The van der Waals surface area contributed by atoms with E-state index >= 15 is 0 Å². The van der Waals surface area contributed by atoms with Gasteiger partial charge in [-0.3, -0.25) is 0 Å². The zero-order valence-electron chi connectivity index (χ0n) is 11.2. The van der Waals surface area contributed by atoms with Crippen LogP contribution in [0, 0.1) is 11.3 Å². The number of nitrogens with one attached hydrogen (secondary N) is 1. The van der Waals surface area contributed by atoms with Gasteiger partial charge in [0.25, 0.3) is 0 Å². The van der Waals surface area contributed by atoms with Crippen molar-refractivity contribution in [2.75, 3.05) is 32.7 Å². The molecule has 1 saturated carbocycles. The van der Waals surface area contributed by atoms with Crippen molar-refractivity contribution >= 4 is 0 Å². The Hall–Kier alpha value is -0.0800. The standard InChI is InChI=1S/C15H28N2/c1-2-4-6-14(5-3-1)11-17-10-8-15(13-17)7-9-16-12-15/h14,16H,1-13H2. The highest BCUT2D eigenvalue weighted by molar-refractivity contribution is 4.95. The molecule has 3 fully saturated rings. The van der Waals surface area contributed by atoms with E-state index in [4.69, 9.17) is 0 Å². The zero-order valence-corrected chi connectivity index (χ0v) is 11.2. The molecule has 2 nitrogen and oxygen atoms in total. The summed E-state index contributed by atoms with van der Waals surface area (Å²) in [7, 11) is 0. The molecule has 0 radical (unpaired) electrons. The minimum Gasteiger partial charge on any atom is -0.316 e. The van der Waals surface area contributed by atoms with Crippen LogP contribution in [0.4, 0.5) is 0 Å². The molecule has 17 heavy (non-hydrogen) atoms. The predicted molar refractivity (Wildman–Crippen MR) is 72.2 cm³/mol. The number of nitrogens with zero attached hydrogens (tertiary/aromatic N) is 1. The first-order chi connectivity index (χ1) is 8.36. The predicted octanol–water partition coefficient (Wildman–Crippen LogP) is 2.64. The van der Waals surface area contributed by atoms with E-state index in [0.717, 1.165) is 5.92 Å². The second-order valence-corrected chi connectivity index (χ2v) is 6.77. The Morgan fingerprint density at radius 2 is 1.88 bits per heavy atom. The Labute approximate surface area is 106 Å². The van der Waals surface area contributed by atoms with Gasteiger partial charge in [-0.1, -0.05) is 25.7 Å². The van der Waals surface area contributed by atoms with Gasteiger partial charge in [0.05, 0.1) is 0 Å². The van der Waals surface area contributed by atoms with E-state index in [2.05, 4.69) is 10.2 Å². The summed E-state index contributed by atoms with van der Waals surface area (Å²) in [5.41, 5.74) is 0.671. The van der Waals surface area contributed by atoms with E-state index in [1.807, 2.05) is 0 Å². The number of rotatable bonds is 2. The molecule has 3 aliphatic rings. The molecule has 0 aromatic carbocycles. The second-order valence-electron chi connectivity index (χ2n) is 6.77. The van der Waals surface area contributed by atoms with E-state index < -0.39 is 0 Å². The number of hydrogen-bond donors (Lipinski definition) is 1. The SMILES string of the molecule is C1CCCC(CN2CCC3(CCNC3)C2)CC1. The fourth-order valence-corrected chi connectivity index (χ4v) is 4.24. The van der Waals surface area contributed by atoms with Gasteiger partial charge in [-0.15, -0.1) is 0 Å². The van der Waals surface area contributed by atoms with Gasteiger partial charge >= 0.3 is 0 Å². The zero-order chi connectivity index (χ0) is 11.6. The van der Waals surface area contributed by atoms with Crippen molar-refractivity contribution in [1.82, 2.24) is 10.2 Å². The van der Waals surface area contributed by atoms with Crippen molar-refractivity contribution in [2.45, 2.75) is 51.4 Å². The summed E-state index contributed by atoms with van der Waals surface area (Å²) < 4.78 is 0. The van der Waals surface area contributed by atoms with Gasteiger partial charge in [-0.05, 0) is 50.1 Å². The summed E-state index contributed by atoms with van der Waals surface area (Å²) in [4.78, 5) is 2.78. The molecule has 1 atom stereocenters. The molecule has 1 spiro atoms. The highest BCUT2D eigenvalue weighted by Gasteiger charge is 2.40. The Morgan fingerprint density at radius 1 is 1.06 bits per heavy atom. The van der Waals surface area contributed by atoms with Crippen LogP contribution >= 0.6 is 0 Å². The summed E-state index contributed by atoms with van der Waals surface area (Å²) in [5, 5.41) is 3.56. The topological polar surface area (TPSA) is 15.3 Å². The van der Waals surface area contributed by atoms with Gasteiger partial charge in [0.2, 0.25) is 0 Å². The fourth-order valence-electron chi connectivity index (χ4n) is 4.24. The third kappa shape index (κ3) is 2.85. The third-order valence-corrected chi connectivity index (χ3v) is 5.34. The molecule has 1 unspecified atom stereocenters. The van der Waals surface area contributed by atoms with Crippen LogP contribution in [0.5, 0.6) is 0 Å². The molecule has 1 aliphatic carbocycles. The van der Waals surface area contributed by atoms with Crippen molar-refractivity contribution in [3.63, 3.8) is 0 Å². The van der Waals surface area contributed by atoms with Crippen molar-refractivity contribution in [3.8, 4) is 0 Å². The van der Waals surface area contributed by atoms with E-state index in [1.165, 1.54) is 84.1 Å². The first-order valence-corrected chi connectivity index (χ1v) is 7.79. The van der Waals surface area contributed by atoms with Gasteiger partial charge in [0.1, 0.15) is 0 Å². The average Bonchev–Trinajstić information content (AvgIpc) is 2.86. The lowest BCUT2D eigenvalue weighted by Crippen LogP contribution is -2.32. The van der Waals surface area contributed by atoms with Crippen molar-refractivity contribution in [1.29, 1.82) is 0 Å². The Morgan fingerprint density at radius 3 is 2.59 bits per heavy atom. The van der Waals surface area contributed by atoms with Crippen molar-refractivity contribution in [2.24, 2.45) is 11.3 Å². The van der Waals surface area contributed by atoms with Crippen LogP contribution in [0.3, 0.4) is 0 Å². The van der Waals surface area contributed by atoms with E-state index in [9.17, 15) is 0 Å². The van der Waals surface area contributed by atoms with Crippen LogP contribution in [0.25, 0.3) is 0 Å². The van der Waals surface area contributed by atoms with Crippen LogP contribution < -0.4 is 5.32 Å². The summed E-state index contributed by atoms with van der Waals surface area (Å²) in [6.45, 7) is 6.71. The molecule has 0 aromatic heterocycles. The minimum absolute atomic E-state index is 0.671. The summed E-state index contributed by atoms with van der Waals surface area (Å²) in [5.74, 6) is 1.02. The lowest BCUT2D eigenvalue weighted by Gasteiger charge is -2.25. The fraction of sp³-hybridized carbons (Fsp3) is 1.00. The second kappa shape index (κ2) is 5.27. The Balaban J connectivity index is 1.49. The smallest absolute Gasteiger partial charge is 0.00512 e. The van der Waals surface area contributed by atoms with Gasteiger partial charge in [-0.2, -0.15) is 0 Å². The monoisotopic (exact) mass is 236 g/mol. The minimum atomic E-state index is 0.671. The normalized spacial score (nSPS) is 36.7. The maximum Gasteiger partial charge on any atom is 0.00512 e. The van der Waals surface area contributed by atoms with Crippen LogP contribution in [0.15, 0.2) is 0 Å².